The largest absolute Gasteiger partial charge is 0.444 e. The van der Waals surface area contributed by atoms with E-state index in [0.29, 0.717) is 13.1 Å². The number of benzene rings is 1. The zero-order chi connectivity index (χ0) is 27.9. The Balaban J connectivity index is 1.36. The van der Waals surface area contributed by atoms with Crippen LogP contribution in [0.4, 0.5) is 16.3 Å². The van der Waals surface area contributed by atoms with Crippen LogP contribution >= 0.6 is 0 Å². The molecule has 6 rings (SSSR count). The lowest BCUT2D eigenvalue weighted by Gasteiger charge is -2.34. The van der Waals surface area contributed by atoms with E-state index >= 15 is 0 Å². The fourth-order valence-electron chi connectivity index (χ4n) is 5.03. The molecule has 4 aromatic heterocycles. The maximum atomic E-state index is 12.9. The second kappa shape index (κ2) is 10.1. The molecule has 0 aliphatic carbocycles. The van der Waals surface area contributed by atoms with Gasteiger partial charge in [-0.05, 0) is 57.9 Å². The molecule has 1 unspecified atom stereocenters. The predicted octanol–water partition coefficient (Wildman–Crippen LogP) is 5.17. The highest BCUT2D eigenvalue weighted by molar-refractivity contribution is 5.78. The highest BCUT2D eigenvalue weighted by Crippen LogP contribution is 2.32. The Hall–Kier alpha value is -4.67. The van der Waals surface area contributed by atoms with E-state index in [-0.39, 0.29) is 12.0 Å². The summed E-state index contributed by atoms with van der Waals surface area (Å²) in [7, 11) is 1.89. The number of aromatic nitrogens is 7. The molecule has 1 amide bonds. The Kier molecular flexibility index (Phi) is 6.49. The van der Waals surface area contributed by atoms with Crippen LogP contribution in [0.1, 0.15) is 45.2 Å². The van der Waals surface area contributed by atoms with Crippen molar-refractivity contribution >= 4 is 23.2 Å². The van der Waals surface area contributed by atoms with Gasteiger partial charge in [-0.3, -0.25) is 4.68 Å². The van der Waals surface area contributed by atoms with Gasteiger partial charge in [0.25, 0.3) is 0 Å². The van der Waals surface area contributed by atoms with Crippen LogP contribution in [0.2, 0.25) is 0 Å². The first-order valence-electron chi connectivity index (χ1n) is 13.4. The van der Waals surface area contributed by atoms with Gasteiger partial charge in [-0.1, -0.05) is 0 Å². The number of likely N-dealkylation sites (tertiary alicyclic amines) is 1. The summed E-state index contributed by atoms with van der Waals surface area (Å²) in [6.45, 7) is 6.90. The average Bonchev–Trinajstić information content (AvgIpc) is 3.69. The number of hydrogen-bond acceptors (Lipinski definition) is 7. The summed E-state index contributed by atoms with van der Waals surface area (Å²) in [4.78, 5) is 23.9. The van der Waals surface area contributed by atoms with E-state index in [1.807, 2.05) is 92.0 Å². The number of ether oxygens (including phenoxy) is 1. The molecule has 1 aromatic carbocycles. The standard InChI is InChI=1S/C29H33N9O2/c1-29(2,3)40-28(39)36-12-5-6-20(18-36)25-14-26(33-22-7-9-23(10-8-22)37-13-11-30-19-37)38-27(34-25)24(16-32-38)21-15-31-35(4)17-21/h7-11,13-17,19-20,33H,5-6,12,18H2,1-4H3. The van der Waals surface area contributed by atoms with Gasteiger partial charge in [0.05, 0.1) is 24.4 Å². The molecular formula is C29H33N9O2. The number of nitrogens with one attached hydrogen (secondary N) is 1. The normalized spacial score (nSPS) is 15.9. The number of anilines is 2. The SMILES string of the molecule is Cn1cc(-c2cnn3c(Nc4ccc(-n5ccnc5)cc4)cc(C4CCCN(C(=O)OC(C)(C)C)C4)nc23)cn1. The lowest BCUT2D eigenvalue weighted by Crippen LogP contribution is -2.42. The minimum absolute atomic E-state index is 0.0621. The van der Waals surface area contributed by atoms with E-state index in [4.69, 9.17) is 9.72 Å². The fraction of sp³-hybridized carbons (Fsp3) is 0.345. The lowest BCUT2D eigenvalue weighted by atomic mass is 9.94. The molecule has 0 bridgehead atoms. The van der Waals surface area contributed by atoms with Crippen molar-refractivity contribution in [3.63, 3.8) is 0 Å². The van der Waals surface area contributed by atoms with E-state index in [1.54, 1.807) is 22.1 Å². The van der Waals surface area contributed by atoms with Crippen molar-refractivity contribution in [3.05, 3.63) is 73.3 Å². The van der Waals surface area contributed by atoms with Crippen LogP contribution in [0, 0.1) is 0 Å². The Labute approximate surface area is 232 Å². The minimum atomic E-state index is -0.540. The first-order valence-corrected chi connectivity index (χ1v) is 13.4. The zero-order valence-electron chi connectivity index (χ0n) is 23.2. The predicted molar refractivity (Wildman–Crippen MR) is 152 cm³/mol. The number of imidazole rings is 1. The molecule has 1 atom stereocenters. The van der Waals surface area contributed by atoms with Gasteiger partial charge in [0.1, 0.15) is 11.4 Å². The number of fused-ring (bicyclic) bond motifs is 1. The third-order valence-electron chi connectivity index (χ3n) is 6.94. The summed E-state index contributed by atoms with van der Waals surface area (Å²) in [5.74, 6) is 0.854. The Bertz CT molecular complexity index is 1630. The van der Waals surface area contributed by atoms with Gasteiger partial charge in [-0.2, -0.15) is 14.7 Å². The monoisotopic (exact) mass is 539 g/mol. The molecule has 5 heterocycles. The molecule has 0 radical (unpaired) electrons. The van der Waals surface area contributed by atoms with Gasteiger partial charge < -0.3 is 19.5 Å². The highest BCUT2D eigenvalue weighted by atomic mass is 16.6. The van der Waals surface area contributed by atoms with Gasteiger partial charge in [0, 0.05) is 73.2 Å². The van der Waals surface area contributed by atoms with E-state index in [0.717, 1.165) is 52.5 Å². The summed E-state index contributed by atoms with van der Waals surface area (Å²) < 4.78 is 11.2. The number of piperidine rings is 1. The summed E-state index contributed by atoms with van der Waals surface area (Å²) >= 11 is 0. The number of amides is 1. The van der Waals surface area contributed by atoms with E-state index in [9.17, 15) is 4.79 Å². The second-order valence-corrected chi connectivity index (χ2v) is 11.2. The summed E-state index contributed by atoms with van der Waals surface area (Å²) in [6, 6.07) is 10.2. The number of carbonyl (C=O) groups is 1. The van der Waals surface area contributed by atoms with E-state index < -0.39 is 5.60 Å². The molecule has 11 nitrogen and oxygen atoms in total. The van der Waals surface area contributed by atoms with Crippen LogP contribution in [0.25, 0.3) is 22.5 Å². The van der Waals surface area contributed by atoms with E-state index in [1.165, 1.54) is 0 Å². The van der Waals surface area contributed by atoms with Crippen molar-refractivity contribution in [1.29, 1.82) is 0 Å². The average molecular weight is 540 g/mol. The van der Waals surface area contributed by atoms with Crippen LogP contribution < -0.4 is 5.32 Å². The molecule has 5 aromatic rings. The van der Waals surface area contributed by atoms with Gasteiger partial charge in [-0.25, -0.2) is 14.8 Å². The molecule has 0 saturated carbocycles. The van der Waals surface area contributed by atoms with Gasteiger partial charge in [0.15, 0.2) is 5.65 Å². The number of rotatable bonds is 5. The van der Waals surface area contributed by atoms with E-state index in [2.05, 4.69) is 20.5 Å². The molecule has 0 spiro atoms. The van der Waals surface area contributed by atoms with Crippen LogP contribution in [-0.2, 0) is 11.8 Å². The number of nitrogens with zero attached hydrogens (tertiary/aromatic N) is 8. The molecule has 1 aliphatic rings. The number of hydrogen-bond donors (Lipinski definition) is 1. The quantitative estimate of drug-likeness (QED) is 0.328. The third kappa shape index (κ3) is 5.27. The van der Waals surface area contributed by atoms with Crippen molar-refractivity contribution in [2.75, 3.05) is 18.4 Å². The van der Waals surface area contributed by atoms with Crippen molar-refractivity contribution < 1.29 is 9.53 Å². The summed E-state index contributed by atoms with van der Waals surface area (Å²) in [5.41, 5.74) is 4.87. The van der Waals surface area contributed by atoms with Crippen molar-refractivity contribution in [2.45, 2.75) is 45.1 Å². The molecule has 11 heteroatoms. The highest BCUT2D eigenvalue weighted by Gasteiger charge is 2.30. The summed E-state index contributed by atoms with van der Waals surface area (Å²) in [5, 5.41) is 12.6. The van der Waals surface area contributed by atoms with Crippen molar-refractivity contribution in [3.8, 4) is 16.8 Å². The maximum Gasteiger partial charge on any atom is 0.410 e. The Morgan fingerprint density at radius 2 is 1.95 bits per heavy atom. The topological polar surface area (TPSA) is 107 Å². The molecule has 1 fully saturated rings. The third-order valence-corrected chi connectivity index (χ3v) is 6.94. The molecule has 1 aliphatic heterocycles. The van der Waals surface area contributed by atoms with Crippen LogP contribution in [0.3, 0.4) is 0 Å². The molecule has 1 N–H and O–H groups in total. The van der Waals surface area contributed by atoms with Crippen LogP contribution in [0.15, 0.2) is 67.6 Å². The molecule has 40 heavy (non-hydrogen) atoms. The van der Waals surface area contributed by atoms with Crippen molar-refractivity contribution in [1.82, 2.24) is 38.8 Å². The smallest absolute Gasteiger partial charge is 0.410 e. The van der Waals surface area contributed by atoms with Crippen molar-refractivity contribution in [2.24, 2.45) is 7.05 Å². The fourth-order valence-corrected chi connectivity index (χ4v) is 5.03. The number of aryl methyl sites for hydroxylation is 1. The molecule has 206 valence electrons. The zero-order valence-corrected chi connectivity index (χ0v) is 23.2. The first-order chi connectivity index (χ1) is 19.2. The van der Waals surface area contributed by atoms with Crippen LogP contribution in [0.5, 0.6) is 0 Å². The Morgan fingerprint density at radius 3 is 2.65 bits per heavy atom. The molecular weight excluding hydrogens is 506 g/mol. The van der Waals surface area contributed by atoms with Crippen LogP contribution in [-0.4, -0.2) is 63.6 Å². The minimum Gasteiger partial charge on any atom is -0.444 e. The Morgan fingerprint density at radius 1 is 1.12 bits per heavy atom. The number of carbonyl (C=O) groups excluding carboxylic acids is 1. The first kappa shape index (κ1) is 25.6. The van der Waals surface area contributed by atoms with Gasteiger partial charge in [-0.15, -0.1) is 0 Å². The summed E-state index contributed by atoms with van der Waals surface area (Å²) in [6.07, 6.45) is 12.6. The second-order valence-electron chi connectivity index (χ2n) is 11.2. The molecule has 1 saturated heterocycles. The maximum absolute atomic E-state index is 12.9. The van der Waals surface area contributed by atoms with Gasteiger partial charge >= 0.3 is 6.09 Å². The van der Waals surface area contributed by atoms with Gasteiger partial charge in [0.2, 0.25) is 0 Å². The lowest BCUT2D eigenvalue weighted by molar-refractivity contribution is 0.0197.